The number of rotatable bonds is 6. The molecule has 1 aromatic rings. The lowest BCUT2D eigenvalue weighted by Crippen LogP contribution is -2.25. The standard InChI is InChI=1S/C11H18N2O3/c1-14-8-11-5-9(13-16-11)6-12-7-10-3-2-4-15-10/h5,10,12H,2-4,6-8H2,1H3. The molecule has 1 aromatic heterocycles. The Bertz CT molecular complexity index is 308. The molecule has 0 amide bonds. The first-order valence-electron chi connectivity index (χ1n) is 5.64. The van der Waals surface area contributed by atoms with Crippen molar-refractivity contribution in [3.63, 3.8) is 0 Å². The average molecular weight is 226 g/mol. The summed E-state index contributed by atoms with van der Waals surface area (Å²) in [4.78, 5) is 0. The minimum absolute atomic E-state index is 0.366. The Morgan fingerprint density at radius 3 is 3.31 bits per heavy atom. The molecule has 1 atom stereocenters. The Morgan fingerprint density at radius 2 is 2.56 bits per heavy atom. The third-order valence-corrected chi connectivity index (χ3v) is 2.60. The van der Waals surface area contributed by atoms with Crippen LogP contribution in [0, 0.1) is 0 Å². The van der Waals surface area contributed by atoms with E-state index in [2.05, 4.69) is 10.5 Å². The third-order valence-electron chi connectivity index (χ3n) is 2.60. The minimum atomic E-state index is 0.366. The zero-order valence-corrected chi connectivity index (χ0v) is 9.57. The number of nitrogens with one attached hydrogen (secondary N) is 1. The summed E-state index contributed by atoms with van der Waals surface area (Å²) in [5, 5.41) is 7.25. The van der Waals surface area contributed by atoms with E-state index in [-0.39, 0.29) is 0 Å². The molecule has 0 saturated carbocycles. The van der Waals surface area contributed by atoms with E-state index < -0.39 is 0 Å². The van der Waals surface area contributed by atoms with Crippen LogP contribution in [0.3, 0.4) is 0 Å². The number of methoxy groups -OCH3 is 1. The van der Waals surface area contributed by atoms with Crippen molar-refractivity contribution in [3.8, 4) is 0 Å². The fourth-order valence-corrected chi connectivity index (χ4v) is 1.82. The summed E-state index contributed by atoms with van der Waals surface area (Å²) in [5.41, 5.74) is 0.907. The zero-order valence-electron chi connectivity index (χ0n) is 9.57. The molecule has 0 radical (unpaired) electrons. The Morgan fingerprint density at radius 1 is 1.62 bits per heavy atom. The summed E-state index contributed by atoms with van der Waals surface area (Å²) < 4.78 is 15.5. The van der Waals surface area contributed by atoms with E-state index in [0.717, 1.165) is 31.0 Å². The molecule has 2 heterocycles. The van der Waals surface area contributed by atoms with E-state index in [4.69, 9.17) is 14.0 Å². The summed E-state index contributed by atoms with van der Waals surface area (Å²) in [7, 11) is 1.64. The summed E-state index contributed by atoms with van der Waals surface area (Å²) in [6, 6.07) is 1.91. The molecule has 1 aliphatic heterocycles. The molecule has 0 spiro atoms. The number of hydrogen-bond acceptors (Lipinski definition) is 5. The van der Waals surface area contributed by atoms with Gasteiger partial charge in [0.15, 0.2) is 5.76 Å². The molecule has 90 valence electrons. The van der Waals surface area contributed by atoms with E-state index >= 15 is 0 Å². The van der Waals surface area contributed by atoms with Crippen molar-refractivity contribution in [1.82, 2.24) is 10.5 Å². The summed E-state index contributed by atoms with van der Waals surface area (Å²) in [5.74, 6) is 0.761. The molecule has 1 saturated heterocycles. The molecule has 1 aliphatic rings. The van der Waals surface area contributed by atoms with Crippen molar-refractivity contribution >= 4 is 0 Å². The average Bonchev–Trinajstić information content (AvgIpc) is 2.90. The van der Waals surface area contributed by atoms with Crippen LogP contribution in [-0.2, 0) is 22.6 Å². The molecule has 0 aromatic carbocycles. The van der Waals surface area contributed by atoms with Crippen molar-refractivity contribution in [2.75, 3.05) is 20.3 Å². The Balaban J connectivity index is 1.67. The van der Waals surface area contributed by atoms with E-state index in [0.29, 0.717) is 19.3 Å². The van der Waals surface area contributed by atoms with E-state index in [1.54, 1.807) is 7.11 Å². The molecular formula is C11H18N2O3. The highest BCUT2D eigenvalue weighted by Crippen LogP contribution is 2.11. The van der Waals surface area contributed by atoms with Crippen molar-refractivity contribution in [3.05, 3.63) is 17.5 Å². The van der Waals surface area contributed by atoms with Crippen molar-refractivity contribution < 1.29 is 14.0 Å². The zero-order chi connectivity index (χ0) is 11.2. The second-order valence-electron chi connectivity index (χ2n) is 3.98. The van der Waals surface area contributed by atoms with Gasteiger partial charge in [0.1, 0.15) is 6.61 Å². The van der Waals surface area contributed by atoms with E-state index in [1.807, 2.05) is 6.07 Å². The van der Waals surface area contributed by atoms with Crippen LogP contribution < -0.4 is 5.32 Å². The van der Waals surface area contributed by atoms with Gasteiger partial charge in [0, 0.05) is 32.9 Å². The molecule has 0 aliphatic carbocycles. The van der Waals surface area contributed by atoms with Gasteiger partial charge in [-0.05, 0) is 12.8 Å². The maximum atomic E-state index is 5.51. The van der Waals surface area contributed by atoms with Crippen molar-refractivity contribution in [1.29, 1.82) is 0 Å². The van der Waals surface area contributed by atoms with Gasteiger partial charge in [0.25, 0.3) is 0 Å². The van der Waals surface area contributed by atoms with Crippen LogP contribution in [0.2, 0.25) is 0 Å². The van der Waals surface area contributed by atoms with E-state index in [1.165, 1.54) is 6.42 Å². The number of aromatic nitrogens is 1. The van der Waals surface area contributed by atoms with Gasteiger partial charge in [-0.2, -0.15) is 0 Å². The lowest BCUT2D eigenvalue weighted by molar-refractivity contribution is 0.110. The Labute approximate surface area is 95.1 Å². The highest BCUT2D eigenvalue weighted by molar-refractivity contribution is 5.04. The number of hydrogen-bond donors (Lipinski definition) is 1. The third kappa shape index (κ3) is 3.30. The summed E-state index contributed by atoms with van der Waals surface area (Å²) in [6.07, 6.45) is 2.69. The summed E-state index contributed by atoms with van der Waals surface area (Å²) >= 11 is 0. The van der Waals surface area contributed by atoms with Crippen molar-refractivity contribution in [2.24, 2.45) is 0 Å². The largest absolute Gasteiger partial charge is 0.377 e. The first-order valence-corrected chi connectivity index (χ1v) is 5.64. The topological polar surface area (TPSA) is 56.5 Å². The molecule has 5 nitrogen and oxygen atoms in total. The van der Waals surface area contributed by atoms with Crippen LogP contribution in [0.25, 0.3) is 0 Å². The molecule has 1 unspecified atom stereocenters. The molecular weight excluding hydrogens is 208 g/mol. The monoisotopic (exact) mass is 226 g/mol. The molecule has 2 rings (SSSR count). The molecule has 1 N–H and O–H groups in total. The second-order valence-corrected chi connectivity index (χ2v) is 3.98. The van der Waals surface area contributed by atoms with Gasteiger partial charge in [-0.3, -0.25) is 0 Å². The number of ether oxygens (including phenoxy) is 2. The van der Waals surface area contributed by atoms with Gasteiger partial charge in [-0.1, -0.05) is 5.16 Å². The second kappa shape index (κ2) is 5.98. The fourth-order valence-electron chi connectivity index (χ4n) is 1.82. The van der Waals surface area contributed by atoms with Gasteiger partial charge < -0.3 is 19.3 Å². The molecule has 16 heavy (non-hydrogen) atoms. The first kappa shape index (κ1) is 11.6. The molecule has 1 fully saturated rings. The van der Waals surface area contributed by atoms with Gasteiger partial charge in [0.05, 0.1) is 11.8 Å². The maximum absolute atomic E-state index is 5.51. The van der Waals surface area contributed by atoms with Crippen LogP contribution in [0.4, 0.5) is 0 Å². The van der Waals surface area contributed by atoms with Gasteiger partial charge in [-0.15, -0.1) is 0 Å². The van der Waals surface area contributed by atoms with Crippen LogP contribution in [0.1, 0.15) is 24.3 Å². The lowest BCUT2D eigenvalue weighted by Gasteiger charge is -2.08. The Kier molecular flexibility index (Phi) is 4.33. The lowest BCUT2D eigenvalue weighted by atomic mass is 10.2. The fraction of sp³-hybridized carbons (Fsp3) is 0.727. The Hall–Kier alpha value is -0.910. The van der Waals surface area contributed by atoms with Crippen LogP contribution in [-0.4, -0.2) is 31.5 Å². The molecule has 5 heteroatoms. The van der Waals surface area contributed by atoms with E-state index in [9.17, 15) is 0 Å². The minimum Gasteiger partial charge on any atom is -0.377 e. The summed E-state index contributed by atoms with van der Waals surface area (Å²) in [6.45, 7) is 2.96. The normalized spacial score (nSPS) is 20.4. The van der Waals surface area contributed by atoms with Crippen molar-refractivity contribution in [2.45, 2.75) is 32.1 Å². The maximum Gasteiger partial charge on any atom is 0.162 e. The molecule has 0 bridgehead atoms. The smallest absolute Gasteiger partial charge is 0.162 e. The predicted octanol–water partition coefficient (Wildman–Crippen LogP) is 1.09. The predicted molar refractivity (Wildman–Crippen MR) is 57.9 cm³/mol. The van der Waals surface area contributed by atoms with Crippen LogP contribution in [0.5, 0.6) is 0 Å². The van der Waals surface area contributed by atoms with Crippen LogP contribution in [0.15, 0.2) is 10.6 Å². The van der Waals surface area contributed by atoms with Gasteiger partial charge >= 0.3 is 0 Å². The first-order chi connectivity index (χ1) is 7.88. The van der Waals surface area contributed by atoms with Crippen LogP contribution >= 0.6 is 0 Å². The quantitative estimate of drug-likeness (QED) is 0.787. The highest BCUT2D eigenvalue weighted by atomic mass is 16.5. The SMILES string of the molecule is COCc1cc(CNCC2CCCO2)no1. The van der Waals surface area contributed by atoms with Gasteiger partial charge in [0.2, 0.25) is 0 Å². The van der Waals surface area contributed by atoms with Gasteiger partial charge in [-0.25, -0.2) is 0 Å². The number of nitrogens with zero attached hydrogens (tertiary/aromatic N) is 1. The highest BCUT2D eigenvalue weighted by Gasteiger charge is 2.14.